The summed E-state index contributed by atoms with van der Waals surface area (Å²) < 4.78 is 7.02. The summed E-state index contributed by atoms with van der Waals surface area (Å²) in [6, 6.07) is 3.54. The second-order valence-corrected chi connectivity index (χ2v) is 6.12. The van der Waals surface area contributed by atoms with Gasteiger partial charge in [-0.25, -0.2) is 20.4 Å². The van der Waals surface area contributed by atoms with Crippen molar-refractivity contribution in [3.63, 3.8) is 0 Å². The smallest absolute Gasteiger partial charge is 0.228 e. The largest absolute Gasteiger partial charge is 0.394 e. The normalized spacial score (nSPS) is 25.0. The van der Waals surface area contributed by atoms with Gasteiger partial charge in [0.1, 0.15) is 24.6 Å². The molecule has 1 saturated heterocycles. The summed E-state index contributed by atoms with van der Waals surface area (Å²) in [6.45, 7) is -0.457. The molecule has 4 heterocycles. The van der Waals surface area contributed by atoms with Crippen molar-refractivity contribution in [2.75, 3.05) is 17.8 Å². The fourth-order valence-electron chi connectivity index (χ4n) is 2.95. The average Bonchev–Trinajstić information content (AvgIpc) is 3.21. The van der Waals surface area contributed by atoms with Gasteiger partial charge in [-0.3, -0.25) is 9.55 Å². The molecule has 1 aliphatic rings. The van der Waals surface area contributed by atoms with Crippen LogP contribution < -0.4 is 11.2 Å². The van der Waals surface area contributed by atoms with E-state index in [1.807, 2.05) is 0 Å². The van der Waals surface area contributed by atoms with Gasteiger partial charge >= 0.3 is 0 Å². The van der Waals surface area contributed by atoms with Crippen LogP contribution >= 0.6 is 0 Å². The van der Waals surface area contributed by atoms with Crippen molar-refractivity contribution in [3.8, 4) is 0 Å². The molecule has 28 heavy (non-hydrogen) atoms. The van der Waals surface area contributed by atoms with E-state index in [0.29, 0.717) is 0 Å². The van der Waals surface area contributed by atoms with Crippen LogP contribution in [0, 0.1) is 0 Å². The maximum atomic E-state index is 10.4. The average molecular weight is 386 g/mol. The van der Waals surface area contributed by atoms with Gasteiger partial charge in [0, 0.05) is 12.4 Å². The molecule has 146 valence electrons. The standard InChI is InChI=1S/C16H18N8O4/c17-13-10-14(20-7-19-13)24(15-12(27)11(26)9(6-25)28-15)16(22-10)23-21-5-8-1-3-18-4-2-8/h1-5,7,9,11-12,15,25-27H,6H2,(H,22,23)(H2,17,19,20)/t9-,11-,12-,15-/m1/s1. The fourth-order valence-corrected chi connectivity index (χ4v) is 2.95. The molecule has 0 unspecified atom stereocenters. The zero-order valence-electron chi connectivity index (χ0n) is 14.5. The minimum atomic E-state index is -1.32. The van der Waals surface area contributed by atoms with E-state index in [0.717, 1.165) is 5.56 Å². The third-order valence-corrected chi connectivity index (χ3v) is 4.36. The number of aromatic nitrogens is 5. The molecular weight excluding hydrogens is 368 g/mol. The molecule has 0 bridgehead atoms. The molecule has 0 saturated carbocycles. The second-order valence-electron chi connectivity index (χ2n) is 6.12. The minimum absolute atomic E-state index is 0.136. The number of imidazole rings is 1. The molecule has 4 atom stereocenters. The number of fused-ring (bicyclic) bond motifs is 1. The van der Waals surface area contributed by atoms with E-state index in [1.165, 1.54) is 10.9 Å². The van der Waals surface area contributed by atoms with Crippen molar-refractivity contribution in [1.29, 1.82) is 0 Å². The number of aliphatic hydroxyl groups excluding tert-OH is 3. The Hall–Kier alpha value is -3.19. The Kier molecular flexibility index (Phi) is 4.83. The molecule has 1 aliphatic heterocycles. The highest BCUT2D eigenvalue weighted by Gasteiger charge is 2.45. The molecule has 0 aromatic carbocycles. The highest BCUT2D eigenvalue weighted by molar-refractivity contribution is 5.84. The van der Waals surface area contributed by atoms with Crippen LogP contribution in [0.25, 0.3) is 11.2 Å². The summed E-state index contributed by atoms with van der Waals surface area (Å²) in [7, 11) is 0. The number of hydrogen-bond acceptors (Lipinski definition) is 11. The van der Waals surface area contributed by atoms with Crippen LogP contribution in [-0.4, -0.2) is 71.0 Å². The first-order valence-corrected chi connectivity index (χ1v) is 8.40. The number of pyridine rings is 1. The predicted octanol–water partition coefficient (Wildman–Crippen LogP) is -1.14. The van der Waals surface area contributed by atoms with Crippen molar-refractivity contribution < 1.29 is 20.1 Å². The summed E-state index contributed by atoms with van der Waals surface area (Å²) in [4.78, 5) is 16.3. The number of nitrogen functional groups attached to an aromatic ring is 1. The molecule has 12 heteroatoms. The number of nitrogens with two attached hydrogens (primary N) is 1. The quantitative estimate of drug-likeness (QED) is 0.266. The molecule has 0 radical (unpaired) electrons. The number of rotatable bonds is 5. The number of anilines is 2. The van der Waals surface area contributed by atoms with Gasteiger partial charge in [0.05, 0.1) is 12.8 Å². The van der Waals surface area contributed by atoms with Crippen LogP contribution in [0.15, 0.2) is 36.0 Å². The number of nitrogens with one attached hydrogen (secondary N) is 1. The van der Waals surface area contributed by atoms with E-state index in [-0.39, 0.29) is 22.9 Å². The molecule has 0 spiro atoms. The lowest BCUT2D eigenvalue weighted by Gasteiger charge is -2.18. The highest BCUT2D eigenvalue weighted by atomic mass is 16.6. The van der Waals surface area contributed by atoms with Crippen LogP contribution in [0.2, 0.25) is 0 Å². The lowest BCUT2D eigenvalue weighted by atomic mass is 10.1. The lowest BCUT2D eigenvalue weighted by molar-refractivity contribution is -0.0501. The summed E-state index contributed by atoms with van der Waals surface area (Å²) in [5.74, 6) is 0.305. The second kappa shape index (κ2) is 7.44. The third-order valence-electron chi connectivity index (χ3n) is 4.36. The summed E-state index contributed by atoms with van der Waals surface area (Å²) >= 11 is 0. The fraction of sp³-hybridized carbons (Fsp3) is 0.312. The molecule has 3 aromatic rings. The first-order valence-electron chi connectivity index (χ1n) is 8.40. The van der Waals surface area contributed by atoms with Gasteiger partial charge in [-0.05, 0) is 17.7 Å². The van der Waals surface area contributed by atoms with Gasteiger partial charge in [0.2, 0.25) is 5.95 Å². The monoisotopic (exact) mass is 386 g/mol. The minimum Gasteiger partial charge on any atom is -0.394 e. The molecule has 3 aromatic heterocycles. The zero-order valence-corrected chi connectivity index (χ0v) is 14.5. The van der Waals surface area contributed by atoms with Gasteiger partial charge in [-0.2, -0.15) is 5.10 Å². The Labute approximate surface area is 158 Å². The Morgan fingerprint density at radius 2 is 2.04 bits per heavy atom. The van der Waals surface area contributed by atoms with Crippen molar-refractivity contribution in [1.82, 2.24) is 24.5 Å². The summed E-state index contributed by atoms with van der Waals surface area (Å²) in [5, 5.41) is 34.0. The highest BCUT2D eigenvalue weighted by Crippen LogP contribution is 2.35. The number of aliphatic hydroxyl groups is 3. The molecule has 4 rings (SSSR count). The van der Waals surface area contributed by atoms with E-state index in [4.69, 9.17) is 10.5 Å². The van der Waals surface area contributed by atoms with Crippen LogP contribution in [0.4, 0.5) is 11.8 Å². The molecule has 1 fully saturated rings. The van der Waals surface area contributed by atoms with Gasteiger partial charge in [-0.1, -0.05) is 0 Å². The third kappa shape index (κ3) is 3.14. The van der Waals surface area contributed by atoms with E-state index >= 15 is 0 Å². The topological polar surface area (TPSA) is 177 Å². The molecule has 12 nitrogen and oxygen atoms in total. The Morgan fingerprint density at radius 1 is 1.25 bits per heavy atom. The maximum absolute atomic E-state index is 10.4. The number of ether oxygens (including phenoxy) is 1. The Balaban J connectivity index is 1.73. The van der Waals surface area contributed by atoms with Gasteiger partial charge in [0.15, 0.2) is 23.2 Å². The summed E-state index contributed by atoms with van der Waals surface area (Å²) in [6.07, 6.45) is 1.45. The van der Waals surface area contributed by atoms with Crippen LogP contribution in [0.1, 0.15) is 11.8 Å². The SMILES string of the molecule is Nc1ncnc2c1nc(NN=Cc1ccncc1)n2[C@@H]1O[C@H](CO)[C@@H](O)[C@H]1O. The van der Waals surface area contributed by atoms with E-state index in [9.17, 15) is 15.3 Å². The predicted molar refractivity (Wildman–Crippen MR) is 98.2 cm³/mol. The molecular formula is C16H18N8O4. The Bertz CT molecular complexity index is 995. The van der Waals surface area contributed by atoms with E-state index in [2.05, 4.69) is 30.5 Å². The molecule has 6 N–H and O–H groups in total. The lowest BCUT2D eigenvalue weighted by Crippen LogP contribution is -2.33. The van der Waals surface area contributed by atoms with Crippen LogP contribution in [-0.2, 0) is 4.74 Å². The first-order chi connectivity index (χ1) is 13.6. The van der Waals surface area contributed by atoms with Gasteiger partial charge < -0.3 is 25.8 Å². The molecule has 0 amide bonds. The van der Waals surface area contributed by atoms with Crippen LogP contribution in [0.3, 0.4) is 0 Å². The zero-order chi connectivity index (χ0) is 19.7. The van der Waals surface area contributed by atoms with E-state index in [1.54, 1.807) is 30.7 Å². The van der Waals surface area contributed by atoms with Crippen LogP contribution in [0.5, 0.6) is 0 Å². The van der Waals surface area contributed by atoms with Gasteiger partial charge in [0.25, 0.3) is 0 Å². The molecule has 0 aliphatic carbocycles. The van der Waals surface area contributed by atoms with Crippen molar-refractivity contribution in [3.05, 3.63) is 36.4 Å². The summed E-state index contributed by atoms with van der Waals surface area (Å²) in [5.41, 5.74) is 10.0. The maximum Gasteiger partial charge on any atom is 0.228 e. The van der Waals surface area contributed by atoms with Crippen molar-refractivity contribution in [2.24, 2.45) is 5.10 Å². The first kappa shape index (κ1) is 18.2. The number of nitrogens with zero attached hydrogens (tertiary/aromatic N) is 6. The van der Waals surface area contributed by atoms with Crippen molar-refractivity contribution in [2.45, 2.75) is 24.5 Å². The number of hydrogen-bond donors (Lipinski definition) is 5. The van der Waals surface area contributed by atoms with Crippen molar-refractivity contribution >= 4 is 29.1 Å². The number of hydrazone groups is 1. The van der Waals surface area contributed by atoms with E-state index < -0.39 is 31.1 Å². The van der Waals surface area contributed by atoms with Gasteiger partial charge in [-0.15, -0.1) is 0 Å². The Morgan fingerprint density at radius 3 is 2.75 bits per heavy atom.